The van der Waals surface area contributed by atoms with Crippen LogP contribution in [0.5, 0.6) is 17.2 Å². The van der Waals surface area contributed by atoms with E-state index in [2.05, 4.69) is 13.8 Å². The highest BCUT2D eigenvalue weighted by molar-refractivity contribution is 6.00. The zero-order valence-corrected chi connectivity index (χ0v) is 18.9. The number of carbonyl (C=O) groups is 1. The number of fused-ring (bicyclic) bond motifs is 7. The maximum atomic E-state index is 13.1. The van der Waals surface area contributed by atoms with E-state index in [1.807, 2.05) is 54.6 Å². The molecule has 6 rings (SSSR count). The third-order valence-corrected chi connectivity index (χ3v) is 7.65. The smallest absolute Gasteiger partial charge is 0.507 e. The van der Waals surface area contributed by atoms with Crippen molar-refractivity contribution in [3.8, 4) is 17.2 Å². The van der Waals surface area contributed by atoms with Crippen molar-refractivity contribution >= 4 is 27.7 Å². The maximum Gasteiger partial charge on any atom is 0.519 e. The van der Waals surface area contributed by atoms with Crippen LogP contribution in [0.3, 0.4) is 0 Å². The number of aryl methyl sites for hydroxylation is 1. The van der Waals surface area contributed by atoms with Gasteiger partial charge in [0, 0.05) is 27.3 Å². The number of aromatic hydroxyl groups is 1. The van der Waals surface area contributed by atoms with Crippen molar-refractivity contribution < 1.29 is 19.4 Å². The lowest BCUT2D eigenvalue weighted by molar-refractivity contribution is 0.152. The Balaban J connectivity index is 1.49. The van der Waals surface area contributed by atoms with Gasteiger partial charge in [-0.05, 0) is 54.0 Å². The largest absolute Gasteiger partial charge is 0.519 e. The fourth-order valence-electron chi connectivity index (χ4n) is 6.17. The Morgan fingerprint density at radius 2 is 1.79 bits per heavy atom. The highest BCUT2D eigenvalue weighted by atomic mass is 16.7. The molecule has 0 amide bonds. The average Bonchev–Trinajstić information content (AvgIpc) is 3.36. The molecule has 1 N–H and O–H groups in total. The van der Waals surface area contributed by atoms with Crippen LogP contribution in [0.4, 0.5) is 4.79 Å². The van der Waals surface area contributed by atoms with Gasteiger partial charge in [0.1, 0.15) is 17.2 Å². The molecular weight excluding hydrogens is 412 g/mol. The van der Waals surface area contributed by atoms with Crippen LogP contribution in [0.15, 0.2) is 60.7 Å². The van der Waals surface area contributed by atoms with Crippen molar-refractivity contribution in [2.75, 3.05) is 0 Å². The highest BCUT2D eigenvalue weighted by Crippen LogP contribution is 2.64. The van der Waals surface area contributed by atoms with E-state index in [-0.39, 0.29) is 11.3 Å². The first-order chi connectivity index (χ1) is 16.0. The lowest BCUT2D eigenvalue weighted by Gasteiger charge is -2.28. The van der Waals surface area contributed by atoms with E-state index < -0.39 is 6.16 Å². The van der Waals surface area contributed by atoms with Gasteiger partial charge in [-0.15, -0.1) is 0 Å². The van der Waals surface area contributed by atoms with E-state index >= 15 is 0 Å². The monoisotopic (exact) mass is 438 g/mol. The van der Waals surface area contributed by atoms with Crippen LogP contribution < -0.4 is 9.47 Å². The van der Waals surface area contributed by atoms with Crippen LogP contribution >= 0.6 is 0 Å². The van der Waals surface area contributed by atoms with Gasteiger partial charge in [-0.2, -0.15) is 0 Å². The summed E-state index contributed by atoms with van der Waals surface area (Å²) in [5.41, 5.74) is 2.90. The average molecular weight is 439 g/mol. The minimum Gasteiger partial charge on any atom is -0.507 e. The van der Waals surface area contributed by atoms with Crippen LogP contribution in [0.2, 0.25) is 0 Å². The summed E-state index contributed by atoms with van der Waals surface area (Å²) >= 11 is 0. The summed E-state index contributed by atoms with van der Waals surface area (Å²) in [4.78, 5) is 13.1. The zero-order valence-electron chi connectivity index (χ0n) is 18.9. The van der Waals surface area contributed by atoms with Gasteiger partial charge in [0.2, 0.25) is 0 Å². The Morgan fingerprint density at radius 3 is 2.64 bits per heavy atom. The van der Waals surface area contributed by atoms with Gasteiger partial charge in [-0.25, -0.2) is 4.79 Å². The summed E-state index contributed by atoms with van der Waals surface area (Å²) in [7, 11) is 0. The molecule has 1 fully saturated rings. The van der Waals surface area contributed by atoms with Gasteiger partial charge >= 0.3 is 6.16 Å². The molecule has 2 aliphatic carbocycles. The molecule has 0 heterocycles. The topological polar surface area (TPSA) is 55.8 Å². The molecule has 2 aliphatic rings. The Hall–Kier alpha value is -3.53. The van der Waals surface area contributed by atoms with Crippen molar-refractivity contribution in [2.24, 2.45) is 0 Å². The highest BCUT2D eigenvalue weighted by Gasteiger charge is 2.50. The van der Waals surface area contributed by atoms with Gasteiger partial charge < -0.3 is 14.6 Å². The fraction of sp³-hybridized carbons (Fsp3) is 0.276. The maximum absolute atomic E-state index is 13.1. The summed E-state index contributed by atoms with van der Waals surface area (Å²) in [6.07, 6.45) is 3.07. The quantitative estimate of drug-likeness (QED) is 0.268. The molecule has 0 radical (unpaired) electrons. The molecule has 4 heteroatoms. The second-order valence-electron chi connectivity index (χ2n) is 9.59. The van der Waals surface area contributed by atoms with E-state index in [9.17, 15) is 9.90 Å². The van der Waals surface area contributed by atoms with Crippen LogP contribution in [0.25, 0.3) is 21.5 Å². The van der Waals surface area contributed by atoms with E-state index in [0.29, 0.717) is 17.2 Å². The second-order valence-corrected chi connectivity index (χ2v) is 9.59. The van der Waals surface area contributed by atoms with E-state index in [1.54, 1.807) is 6.07 Å². The van der Waals surface area contributed by atoms with Crippen molar-refractivity contribution in [1.82, 2.24) is 0 Å². The SMILES string of the molecule is CCc1cccc2c(O)c3c(c(OC(=O)Oc4cccc5ccccc45)c12)C1CCC3(C)C1. The minimum absolute atomic E-state index is 0.0852. The molecular formula is C29H26O4. The summed E-state index contributed by atoms with van der Waals surface area (Å²) < 4.78 is 11.8. The predicted octanol–water partition coefficient (Wildman–Crippen LogP) is 7.38. The molecule has 2 atom stereocenters. The van der Waals surface area contributed by atoms with Crippen molar-refractivity contribution in [3.63, 3.8) is 0 Å². The molecule has 4 aromatic rings. The first kappa shape index (κ1) is 20.1. The molecule has 33 heavy (non-hydrogen) atoms. The van der Waals surface area contributed by atoms with Gasteiger partial charge in [0.15, 0.2) is 0 Å². The Kier molecular flexibility index (Phi) is 4.41. The molecule has 0 aromatic heterocycles. The number of hydrogen-bond donors (Lipinski definition) is 1. The Labute approximate surface area is 192 Å². The zero-order chi connectivity index (χ0) is 22.7. The van der Waals surface area contributed by atoms with Crippen LogP contribution in [-0.4, -0.2) is 11.3 Å². The van der Waals surface area contributed by atoms with E-state index in [1.165, 1.54) is 0 Å². The van der Waals surface area contributed by atoms with Crippen molar-refractivity contribution in [3.05, 3.63) is 77.4 Å². The lowest BCUT2D eigenvalue weighted by atomic mass is 9.78. The normalized spacial score (nSPS) is 20.8. The molecule has 4 aromatic carbocycles. The standard InChI is InChI=1S/C29H26O4/c1-3-17-9-6-12-21-23(17)27(24-19-14-15-29(2,16-19)25(24)26(21)30)33-28(31)32-22-13-7-10-18-8-4-5-11-20(18)22/h4-13,19,30H,3,14-16H2,1-2H3. The minimum atomic E-state index is -0.751. The number of phenols is 1. The number of ether oxygens (including phenoxy) is 2. The summed E-state index contributed by atoms with van der Waals surface area (Å²) in [5, 5.41) is 14.7. The first-order valence-electron chi connectivity index (χ1n) is 11.7. The van der Waals surface area contributed by atoms with Crippen molar-refractivity contribution in [1.29, 1.82) is 0 Å². The Bertz CT molecular complexity index is 1430. The number of carbonyl (C=O) groups excluding carboxylic acids is 1. The molecule has 1 saturated carbocycles. The van der Waals surface area contributed by atoms with Crippen molar-refractivity contribution in [2.45, 2.75) is 50.9 Å². The molecule has 0 spiro atoms. The molecule has 0 saturated heterocycles. The predicted molar refractivity (Wildman–Crippen MR) is 130 cm³/mol. The molecule has 2 bridgehead atoms. The molecule has 2 unspecified atom stereocenters. The van der Waals surface area contributed by atoms with Crippen LogP contribution in [0.1, 0.15) is 55.7 Å². The lowest BCUT2D eigenvalue weighted by Crippen LogP contribution is -2.19. The number of phenolic OH excluding ortho intramolecular Hbond substituents is 1. The van der Waals surface area contributed by atoms with Gasteiger partial charge in [-0.3, -0.25) is 0 Å². The second kappa shape index (κ2) is 7.24. The van der Waals surface area contributed by atoms with Gasteiger partial charge in [0.25, 0.3) is 0 Å². The van der Waals surface area contributed by atoms with Crippen LogP contribution in [0, 0.1) is 0 Å². The third kappa shape index (κ3) is 2.93. The summed E-state index contributed by atoms with van der Waals surface area (Å²) in [5.74, 6) is 1.66. The number of hydrogen-bond acceptors (Lipinski definition) is 4. The summed E-state index contributed by atoms with van der Waals surface area (Å²) in [6.45, 7) is 4.29. The number of rotatable bonds is 3. The molecule has 166 valence electrons. The number of benzene rings is 4. The van der Waals surface area contributed by atoms with E-state index in [0.717, 1.165) is 63.9 Å². The first-order valence-corrected chi connectivity index (χ1v) is 11.7. The fourth-order valence-corrected chi connectivity index (χ4v) is 6.17. The Morgan fingerprint density at radius 1 is 1.03 bits per heavy atom. The molecule has 0 aliphatic heterocycles. The van der Waals surface area contributed by atoms with Gasteiger partial charge in [-0.1, -0.05) is 68.4 Å². The van der Waals surface area contributed by atoms with Gasteiger partial charge in [0.05, 0.1) is 0 Å². The summed E-state index contributed by atoms with van der Waals surface area (Å²) in [6, 6.07) is 19.3. The molecule has 4 nitrogen and oxygen atoms in total. The van der Waals surface area contributed by atoms with E-state index in [4.69, 9.17) is 9.47 Å². The van der Waals surface area contributed by atoms with Crippen LogP contribution in [-0.2, 0) is 11.8 Å². The third-order valence-electron chi connectivity index (χ3n) is 7.65.